The van der Waals surface area contributed by atoms with Gasteiger partial charge in [0, 0.05) is 37.8 Å². The molecule has 0 bridgehead atoms. The number of aromatic nitrogens is 1. The zero-order valence-electron chi connectivity index (χ0n) is 18.7. The van der Waals surface area contributed by atoms with E-state index < -0.39 is 0 Å². The molecule has 1 aromatic carbocycles. The molecule has 0 atom stereocenters. The maximum atomic E-state index is 12.3. The number of hydrogen-bond donors (Lipinski definition) is 3. The normalized spacial score (nSPS) is 14.2. The molecule has 1 aliphatic heterocycles. The van der Waals surface area contributed by atoms with Gasteiger partial charge < -0.3 is 25.3 Å². The first-order valence-electron chi connectivity index (χ1n) is 10.4. The summed E-state index contributed by atoms with van der Waals surface area (Å²) < 4.78 is 5.80. The number of carbonyl (C=O) groups is 1. The third-order valence-corrected chi connectivity index (χ3v) is 4.95. The minimum Gasteiger partial charge on any atom is -0.443 e. The van der Waals surface area contributed by atoms with Crippen molar-refractivity contribution < 1.29 is 9.21 Å². The van der Waals surface area contributed by atoms with Gasteiger partial charge in [0.25, 0.3) is 0 Å². The molecule has 9 heteroatoms. The van der Waals surface area contributed by atoms with E-state index in [0.29, 0.717) is 24.9 Å². The first kappa shape index (κ1) is 25.0. The van der Waals surface area contributed by atoms with E-state index in [1.807, 2.05) is 29.2 Å². The third kappa shape index (κ3) is 7.41. The van der Waals surface area contributed by atoms with Crippen LogP contribution in [0.15, 0.2) is 39.9 Å². The summed E-state index contributed by atoms with van der Waals surface area (Å²) in [6.07, 6.45) is 3.93. The fourth-order valence-electron chi connectivity index (χ4n) is 3.19. The lowest BCUT2D eigenvalue weighted by atomic mass is 9.94. The van der Waals surface area contributed by atoms with Crippen molar-refractivity contribution in [2.75, 3.05) is 25.5 Å². The number of urea groups is 1. The number of nitrogens with one attached hydrogen (secondary N) is 3. The molecular formula is C22H33IN6O2. The van der Waals surface area contributed by atoms with Gasteiger partial charge in [0.05, 0.1) is 12.7 Å². The number of amides is 2. The van der Waals surface area contributed by atoms with Gasteiger partial charge >= 0.3 is 6.03 Å². The van der Waals surface area contributed by atoms with Crippen LogP contribution in [-0.2, 0) is 18.5 Å². The van der Waals surface area contributed by atoms with Gasteiger partial charge in [0.1, 0.15) is 5.76 Å². The van der Waals surface area contributed by atoms with Crippen molar-refractivity contribution in [3.63, 3.8) is 0 Å². The Morgan fingerprint density at radius 1 is 1.19 bits per heavy atom. The summed E-state index contributed by atoms with van der Waals surface area (Å²) in [5, 5.41) is 9.47. The van der Waals surface area contributed by atoms with Crippen LogP contribution in [0, 0.1) is 0 Å². The number of guanidine groups is 1. The van der Waals surface area contributed by atoms with Gasteiger partial charge in [-0.25, -0.2) is 9.78 Å². The monoisotopic (exact) mass is 540 g/mol. The number of anilines is 1. The Bertz CT molecular complexity index is 884. The lowest BCUT2D eigenvalue weighted by molar-refractivity contribution is 0.222. The highest BCUT2D eigenvalue weighted by Gasteiger charge is 2.19. The molecule has 1 saturated heterocycles. The predicted octanol–water partition coefficient (Wildman–Crippen LogP) is 4.08. The molecule has 0 radical (unpaired) electrons. The van der Waals surface area contributed by atoms with Gasteiger partial charge in [-0.3, -0.25) is 4.99 Å². The predicted molar refractivity (Wildman–Crippen MR) is 134 cm³/mol. The third-order valence-electron chi connectivity index (χ3n) is 4.95. The second-order valence-electron chi connectivity index (χ2n) is 8.47. The molecule has 1 fully saturated rings. The largest absolute Gasteiger partial charge is 0.443 e. The van der Waals surface area contributed by atoms with Crippen molar-refractivity contribution in [3.05, 3.63) is 47.7 Å². The van der Waals surface area contributed by atoms with Crippen molar-refractivity contribution in [2.45, 2.75) is 52.1 Å². The standard InChI is InChI=1S/C22H32N6O2.HI/c1-22(2,3)18-14-24-19(30-18)15-26-20(23-4)25-13-16-8-7-9-17(12-16)27-21(29)28-10-5-6-11-28;/h7-9,12,14H,5-6,10-11,13,15H2,1-4H3,(H,27,29)(H2,23,25,26);1H. The number of rotatable bonds is 5. The van der Waals surface area contributed by atoms with Crippen LogP contribution < -0.4 is 16.0 Å². The maximum Gasteiger partial charge on any atom is 0.321 e. The van der Waals surface area contributed by atoms with E-state index in [1.165, 1.54) is 0 Å². The van der Waals surface area contributed by atoms with E-state index in [1.54, 1.807) is 13.2 Å². The molecule has 8 nitrogen and oxygen atoms in total. The van der Waals surface area contributed by atoms with Crippen molar-refractivity contribution in [1.82, 2.24) is 20.5 Å². The van der Waals surface area contributed by atoms with Crippen LogP contribution >= 0.6 is 24.0 Å². The molecule has 0 unspecified atom stereocenters. The van der Waals surface area contributed by atoms with Crippen LogP contribution in [0.2, 0.25) is 0 Å². The molecule has 1 aromatic heterocycles. The van der Waals surface area contributed by atoms with Crippen LogP contribution in [0.1, 0.15) is 50.8 Å². The molecule has 31 heavy (non-hydrogen) atoms. The van der Waals surface area contributed by atoms with Crippen LogP contribution in [0.25, 0.3) is 0 Å². The summed E-state index contributed by atoms with van der Waals surface area (Å²) in [4.78, 5) is 22.7. The molecular weight excluding hydrogens is 507 g/mol. The van der Waals surface area contributed by atoms with Crippen molar-refractivity contribution in [2.24, 2.45) is 4.99 Å². The van der Waals surface area contributed by atoms with Crippen LogP contribution in [0.4, 0.5) is 10.5 Å². The summed E-state index contributed by atoms with van der Waals surface area (Å²) in [5.74, 6) is 2.13. The highest BCUT2D eigenvalue weighted by atomic mass is 127. The van der Waals surface area contributed by atoms with E-state index in [9.17, 15) is 4.79 Å². The lowest BCUT2D eigenvalue weighted by Crippen LogP contribution is -2.36. The minimum absolute atomic E-state index is 0. The molecule has 0 spiro atoms. The topological polar surface area (TPSA) is 94.8 Å². The van der Waals surface area contributed by atoms with Gasteiger partial charge in [0.15, 0.2) is 5.96 Å². The molecule has 1 aliphatic rings. The summed E-state index contributed by atoms with van der Waals surface area (Å²) in [5.41, 5.74) is 1.77. The Balaban J connectivity index is 0.00000341. The molecule has 2 heterocycles. The molecule has 2 aromatic rings. The van der Waals surface area contributed by atoms with E-state index >= 15 is 0 Å². The summed E-state index contributed by atoms with van der Waals surface area (Å²) >= 11 is 0. The Labute approximate surface area is 201 Å². The van der Waals surface area contributed by atoms with Crippen molar-refractivity contribution >= 4 is 41.7 Å². The molecule has 0 aliphatic carbocycles. The average Bonchev–Trinajstić information content (AvgIpc) is 3.40. The number of nitrogens with zero attached hydrogens (tertiary/aromatic N) is 3. The van der Waals surface area contributed by atoms with E-state index in [2.05, 4.69) is 46.7 Å². The minimum atomic E-state index is -0.0691. The first-order chi connectivity index (χ1) is 14.3. The SMILES string of the molecule is CN=C(NCc1cccc(NC(=O)N2CCCC2)c1)NCc1ncc(C(C)(C)C)o1.I. The van der Waals surface area contributed by atoms with Crippen LogP contribution in [0.3, 0.4) is 0 Å². The smallest absolute Gasteiger partial charge is 0.321 e. The van der Waals surface area contributed by atoms with Gasteiger partial charge in [0.2, 0.25) is 5.89 Å². The highest BCUT2D eigenvalue weighted by molar-refractivity contribution is 14.0. The van der Waals surface area contributed by atoms with Crippen molar-refractivity contribution in [3.8, 4) is 0 Å². The van der Waals surface area contributed by atoms with Crippen LogP contribution in [-0.4, -0.2) is 42.0 Å². The number of oxazole rings is 1. The van der Waals surface area contributed by atoms with Crippen LogP contribution in [0.5, 0.6) is 0 Å². The first-order valence-corrected chi connectivity index (χ1v) is 10.4. The number of hydrogen-bond acceptors (Lipinski definition) is 4. The Kier molecular flexibility index (Phi) is 9.15. The second kappa shape index (κ2) is 11.4. The van der Waals surface area contributed by atoms with Gasteiger partial charge in [-0.2, -0.15) is 0 Å². The summed E-state index contributed by atoms with van der Waals surface area (Å²) in [6, 6.07) is 7.79. The van der Waals surface area contributed by atoms with E-state index in [4.69, 9.17) is 4.42 Å². The number of halogens is 1. The van der Waals surface area contributed by atoms with Gasteiger partial charge in [-0.1, -0.05) is 32.9 Å². The average molecular weight is 540 g/mol. The second-order valence-corrected chi connectivity index (χ2v) is 8.47. The fourth-order valence-corrected chi connectivity index (χ4v) is 3.19. The quantitative estimate of drug-likeness (QED) is 0.302. The Morgan fingerprint density at radius 2 is 1.90 bits per heavy atom. The van der Waals surface area contributed by atoms with Crippen molar-refractivity contribution in [1.29, 1.82) is 0 Å². The van der Waals surface area contributed by atoms with E-state index in [-0.39, 0.29) is 35.4 Å². The Hall–Kier alpha value is -2.30. The van der Waals surface area contributed by atoms with Gasteiger partial charge in [-0.15, -0.1) is 24.0 Å². The molecule has 0 saturated carbocycles. The summed E-state index contributed by atoms with van der Waals surface area (Å²) in [7, 11) is 1.72. The number of benzene rings is 1. The molecule has 170 valence electrons. The van der Waals surface area contributed by atoms with Gasteiger partial charge in [-0.05, 0) is 30.5 Å². The molecule has 2 amide bonds. The number of carbonyl (C=O) groups excluding carboxylic acids is 1. The Morgan fingerprint density at radius 3 is 2.55 bits per heavy atom. The number of likely N-dealkylation sites (tertiary alicyclic amines) is 1. The summed E-state index contributed by atoms with van der Waals surface area (Å²) in [6.45, 7) is 8.95. The molecule has 3 N–H and O–H groups in total. The highest BCUT2D eigenvalue weighted by Crippen LogP contribution is 2.22. The maximum absolute atomic E-state index is 12.3. The zero-order valence-corrected chi connectivity index (χ0v) is 21.0. The number of aliphatic imine (C=N–C) groups is 1. The fraction of sp³-hybridized carbons (Fsp3) is 0.500. The molecule has 3 rings (SSSR count). The lowest BCUT2D eigenvalue weighted by Gasteiger charge is -2.17. The van der Waals surface area contributed by atoms with E-state index in [0.717, 1.165) is 42.9 Å². The zero-order chi connectivity index (χ0) is 21.6.